The molecule has 4 nitrogen and oxygen atoms in total. The lowest BCUT2D eigenvalue weighted by Gasteiger charge is -2.33. The highest BCUT2D eigenvalue weighted by atomic mass is 35.5. The molecule has 0 aliphatic carbocycles. The van der Waals surface area contributed by atoms with Gasteiger partial charge in [-0.3, -0.25) is 0 Å². The standard InChI is InChI=1S/C12H17ClN2O2S2.ClH/c1-8-6-11(18-12(8)13)19(16,17)15-5-3-10-9(7-15)2-4-14-10;/h6,9-10,14H,2-5,7H2,1H3;1H. The van der Waals surface area contributed by atoms with Gasteiger partial charge in [0.15, 0.2) is 0 Å². The van der Waals surface area contributed by atoms with Gasteiger partial charge >= 0.3 is 0 Å². The molecule has 1 aromatic heterocycles. The normalized spacial score (nSPS) is 27.1. The quantitative estimate of drug-likeness (QED) is 0.885. The van der Waals surface area contributed by atoms with Gasteiger partial charge in [0.05, 0.1) is 4.34 Å². The fraction of sp³-hybridized carbons (Fsp3) is 0.667. The van der Waals surface area contributed by atoms with Crippen LogP contribution in [0.1, 0.15) is 18.4 Å². The van der Waals surface area contributed by atoms with Gasteiger partial charge in [0.2, 0.25) is 0 Å². The minimum absolute atomic E-state index is 0. The Bertz CT molecular complexity index is 569. The van der Waals surface area contributed by atoms with E-state index in [1.54, 1.807) is 10.4 Å². The van der Waals surface area contributed by atoms with Crippen LogP contribution in [0.2, 0.25) is 4.34 Å². The molecular weight excluding hydrogens is 339 g/mol. The first-order valence-corrected chi connectivity index (χ1v) is 9.11. The number of nitrogens with zero attached hydrogens (tertiary/aromatic N) is 1. The van der Waals surface area contributed by atoms with Gasteiger partial charge in [0.25, 0.3) is 10.0 Å². The summed E-state index contributed by atoms with van der Waals surface area (Å²) in [5.41, 5.74) is 0.836. The van der Waals surface area contributed by atoms with Gasteiger partial charge in [-0.15, -0.1) is 23.7 Å². The predicted octanol–water partition coefficient (Wildman–Crippen LogP) is 2.50. The Balaban J connectivity index is 0.00000147. The highest BCUT2D eigenvalue weighted by Crippen LogP contribution is 2.34. The van der Waals surface area contributed by atoms with Gasteiger partial charge in [0, 0.05) is 19.1 Å². The van der Waals surface area contributed by atoms with E-state index in [1.807, 2.05) is 6.92 Å². The Morgan fingerprint density at radius 3 is 2.85 bits per heavy atom. The van der Waals surface area contributed by atoms with Crippen molar-refractivity contribution in [3.8, 4) is 0 Å². The number of piperidine rings is 1. The second-order valence-corrected chi connectivity index (χ2v) is 9.10. The van der Waals surface area contributed by atoms with E-state index in [4.69, 9.17) is 11.6 Å². The number of sulfonamides is 1. The Hall–Kier alpha value is 0.150. The number of hydrogen-bond donors (Lipinski definition) is 1. The molecule has 3 rings (SSSR count). The molecule has 2 aliphatic rings. The summed E-state index contributed by atoms with van der Waals surface area (Å²) < 4.78 is 27.8. The highest BCUT2D eigenvalue weighted by molar-refractivity contribution is 7.91. The molecule has 8 heteroatoms. The Kier molecular flexibility index (Phi) is 5.04. The van der Waals surface area contributed by atoms with Gasteiger partial charge in [0.1, 0.15) is 4.21 Å². The van der Waals surface area contributed by atoms with E-state index in [0.717, 1.165) is 36.3 Å². The molecule has 0 spiro atoms. The van der Waals surface area contributed by atoms with Crippen molar-refractivity contribution in [2.75, 3.05) is 19.6 Å². The maximum atomic E-state index is 12.6. The van der Waals surface area contributed by atoms with Crippen molar-refractivity contribution in [1.82, 2.24) is 9.62 Å². The summed E-state index contributed by atoms with van der Waals surface area (Å²) in [6.45, 7) is 4.08. The van der Waals surface area contributed by atoms with Crippen molar-refractivity contribution in [3.05, 3.63) is 16.0 Å². The highest BCUT2D eigenvalue weighted by Gasteiger charge is 2.38. The smallest absolute Gasteiger partial charge is 0.252 e. The monoisotopic (exact) mass is 356 g/mol. The number of aryl methyl sites for hydroxylation is 1. The van der Waals surface area contributed by atoms with Gasteiger partial charge in [-0.25, -0.2) is 8.42 Å². The minimum atomic E-state index is -3.36. The zero-order chi connectivity index (χ0) is 13.6. The molecule has 0 aromatic carbocycles. The lowest BCUT2D eigenvalue weighted by molar-refractivity contribution is 0.247. The van der Waals surface area contributed by atoms with E-state index in [0.29, 0.717) is 33.6 Å². The van der Waals surface area contributed by atoms with Crippen LogP contribution in [0.5, 0.6) is 0 Å². The molecule has 1 N–H and O–H groups in total. The third kappa shape index (κ3) is 2.87. The molecule has 0 bridgehead atoms. The van der Waals surface area contributed by atoms with Crippen LogP contribution in [0, 0.1) is 12.8 Å². The zero-order valence-electron chi connectivity index (χ0n) is 11.1. The Morgan fingerprint density at radius 1 is 1.45 bits per heavy atom. The van der Waals surface area contributed by atoms with E-state index in [1.165, 1.54) is 0 Å². The molecule has 1 aromatic rings. The van der Waals surface area contributed by atoms with Crippen LogP contribution in [-0.4, -0.2) is 38.4 Å². The first-order chi connectivity index (χ1) is 8.98. The molecular formula is C12H18Cl2N2O2S2. The van der Waals surface area contributed by atoms with Crippen LogP contribution in [-0.2, 0) is 10.0 Å². The summed E-state index contributed by atoms with van der Waals surface area (Å²) in [6.07, 6.45) is 1.98. The second-order valence-electron chi connectivity index (χ2n) is 5.28. The predicted molar refractivity (Wildman–Crippen MR) is 84.6 cm³/mol. The molecule has 114 valence electrons. The van der Waals surface area contributed by atoms with Gasteiger partial charge in [-0.05, 0) is 43.9 Å². The van der Waals surface area contributed by atoms with Gasteiger partial charge in [-0.2, -0.15) is 4.31 Å². The molecule has 2 unspecified atom stereocenters. The number of fused-ring (bicyclic) bond motifs is 1. The third-order valence-corrected chi connectivity index (χ3v) is 7.92. The number of nitrogens with one attached hydrogen (secondary N) is 1. The van der Waals surface area contributed by atoms with Crippen molar-refractivity contribution in [2.24, 2.45) is 5.92 Å². The van der Waals surface area contributed by atoms with Crippen LogP contribution in [0.3, 0.4) is 0 Å². The molecule has 2 fully saturated rings. The average molecular weight is 357 g/mol. The van der Waals surface area contributed by atoms with E-state index in [-0.39, 0.29) is 12.4 Å². The Morgan fingerprint density at radius 2 is 2.20 bits per heavy atom. The first-order valence-electron chi connectivity index (χ1n) is 6.48. The van der Waals surface area contributed by atoms with Crippen LogP contribution in [0.15, 0.2) is 10.3 Å². The first kappa shape index (κ1) is 16.5. The third-order valence-electron chi connectivity index (χ3n) is 4.05. The molecule has 0 radical (unpaired) electrons. The van der Waals surface area contributed by atoms with Crippen molar-refractivity contribution < 1.29 is 8.42 Å². The number of hydrogen-bond acceptors (Lipinski definition) is 4. The SMILES string of the molecule is Cc1cc(S(=O)(=O)N2CCC3NCCC3C2)sc1Cl.Cl. The molecule has 0 saturated carbocycles. The Labute approximate surface area is 135 Å². The molecule has 3 heterocycles. The van der Waals surface area contributed by atoms with Crippen LogP contribution in [0.25, 0.3) is 0 Å². The summed E-state index contributed by atoms with van der Waals surface area (Å²) >= 11 is 7.15. The largest absolute Gasteiger partial charge is 0.314 e. The number of halogens is 2. The van der Waals surface area contributed by atoms with E-state index in [9.17, 15) is 8.42 Å². The maximum Gasteiger partial charge on any atom is 0.252 e. The fourth-order valence-electron chi connectivity index (χ4n) is 2.92. The molecule has 20 heavy (non-hydrogen) atoms. The second kappa shape index (κ2) is 6.10. The van der Waals surface area contributed by atoms with Crippen LogP contribution < -0.4 is 5.32 Å². The summed E-state index contributed by atoms with van der Waals surface area (Å²) in [5.74, 6) is 0.458. The summed E-state index contributed by atoms with van der Waals surface area (Å²) in [7, 11) is -3.36. The molecule has 2 saturated heterocycles. The lowest BCUT2D eigenvalue weighted by atomic mass is 9.95. The molecule has 2 atom stereocenters. The zero-order valence-corrected chi connectivity index (χ0v) is 14.3. The van der Waals surface area contributed by atoms with Crippen molar-refractivity contribution in [3.63, 3.8) is 0 Å². The van der Waals surface area contributed by atoms with Crippen molar-refractivity contribution in [2.45, 2.75) is 30.0 Å². The number of thiophene rings is 1. The van der Waals surface area contributed by atoms with Crippen LogP contribution in [0.4, 0.5) is 0 Å². The lowest BCUT2D eigenvalue weighted by Crippen LogP contribution is -2.46. The minimum Gasteiger partial charge on any atom is -0.314 e. The van der Waals surface area contributed by atoms with E-state index >= 15 is 0 Å². The van der Waals surface area contributed by atoms with E-state index < -0.39 is 10.0 Å². The van der Waals surface area contributed by atoms with Gasteiger partial charge < -0.3 is 5.32 Å². The van der Waals surface area contributed by atoms with Crippen LogP contribution >= 0.6 is 35.3 Å². The van der Waals surface area contributed by atoms with Gasteiger partial charge in [-0.1, -0.05) is 11.6 Å². The topological polar surface area (TPSA) is 49.4 Å². The number of rotatable bonds is 2. The molecule has 0 amide bonds. The van der Waals surface area contributed by atoms with E-state index in [2.05, 4.69) is 5.32 Å². The van der Waals surface area contributed by atoms with Crippen molar-refractivity contribution >= 4 is 45.4 Å². The summed E-state index contributed by atoms with van der Waals surface area (Å²) in [6, 6.07) is 2.18. The summed E-state index contributed by atoms with van der Waals surface area (Å²) in [5, 5.41) is 3.44. The average Bonchev–Trinajstić information content (AvgIpc) is 2.96. The maximum absolute atomic E-state index is 12.6. The fourth-order valence-corrected chi connectivity index (χ4v) is 6.29. The van der Waals surface area contributed by atoms with Crippen molar-refractivity contribution in [1.29, 1.82) is 0 Å². The molecule has 2 aliphatic heterocycles. The summed E-state index contributed by atoms with van der Waals surface area (Å²) in [4.78, 5) is 0.